The zero-order valence-corrected chi connectivity index (χ0v) is 11.8. The van der Waals surface area contributed by atoms with Crippen molar-refractivity contribution in [2.75, 3.05) is 11.9 Å². The summed E-state index contributed by atoms with van der Waals surface area (Å²) < 4.78 is 0. The molecule has 110 valence electrons. The van der Waals surface area contributed by atoms with Gasteiger partial charge in [0.2, 0.25) is 0 Å². The number of nitrogens with zero attached hydrogens (tertiary/aromatic N) is 5. The number of urea groups is 1. The fourth-order valence-electron chi connectivity index (χ4n) is 1.86. The number of rotatable bonds is 3. The van der Waals surface area contributed by atoms with Crippen molar-refractivity contribution in [3.8, 4) is 11.3 Å². The summed E-state index contributed by atoms with van der Waals surface area (Å²) >= 11 is 0. The maximum atomic E-state index is 11.5. The molecule has 0 aromatic carbocycles. The van der Waals surface area contributed by atoms with Gasteiger partial charge in [-0.3, -0.25) is 10.3 Å². The maximum absolute atomic E-state index is 11.5. The van der Waals surface area contributed by atoms with Crippen molar-refractivity contribution >= 4 is 23.0 Å². The highest BCUT2D eigenvalue weighted by Crippen LogP contribution is 2.17. The van der Waals surface area contributed by atoms with Crippen LogP contribution in [0.25, 0.3) is 22.4 Å². The normalized spacial score (nSPS) is 10.4. The molecule has 0 saturated carbocycles. The molecule has 3 aromatic rings. The van der Waals surface area contributed by atoms with E-state index in [1.54, 1.807) is 30.7 Å². The number of hydrogen-bond donors (Lipinski definition) is 2. The van der Waals surface area contributed by atoms with Gasteiger partial charge in [-0.2, -0.15) is 0 Å². The van der Waals surface area contributed by atoms with Gasteiger partial charge in [-0.1, -0.05) is 0 Å². The first-order valence-corrected chi connectivity index (χ1v) is 6.70. The van der Waals surface area contributed by atoms with Crippen molar-refractivity contribution in [2.24, 2.45) is 0 Å². The highest BCUT2D eigenvalue weighted by atomic mass is 16.2. The maximum Gasteiger partial charge on any atom is 0.320 e. The van der Waals surface area contributed by atoms with E-state index in [1.165, 1.54) is 6.33 Å². The van der Waals surface area contributed by atoms with Gasteiger partial charge in [0.25, 0.3) is 0 Å². The predicted molar refractivity (Wildman–Crippen MR) is 81.1 cm³/mol. The molecule has 0 atom stereocenters. The number of aromatic nitrogens is 5. The Labute approximate surface area is 126 Å². The van der Waals surface area contributed by atoms with Gasteiger partial charge in [-0.15, -0.1) is 0 Å². The largest absolute Gasteiger partial charge is 0.338 e. The predicted octanol–water partition coefficient (Wildman–Crippen LogP) is 1.62. The second kappa shape index (κ2) is 6.08. The van der Waals surface area contributed by atoms with Crippen molar-refractivity contribution < 1.29 is 4.79 Å². The Morgan fingerprint density at radius 2 is 1.95 bits per heavy atom. The summed E-state index contributed by atoms with van der Waals surface area (Å²) in [5, 5.41) is 5.28. The minimum atomic E-state index is -0.310. The number of carbonyl (C=O) groups is 1. The van der Waals surface area contributed by atoms with E-state index in [2.05, 4.69) is 35.6 Å². The Balaban J connectivity index is 1.94. The molecule has 0 aliphatic rings. The van der Waals surface area contributed by atoms with Crippen LogP contribution in [0.5, 0.6) is 0 Å². The minimum Gasteiger partial charge on any atom is -0.338 e. The highest BCUT2D eigenvalue weighted by molar-refractivity contribution is 5.89. The van der Waals surface area contributed by atoms with Crippen LogP contribution in [0.2, 0.25) is 0 Å². The number of amides is 2. The molecule has 2 amide bonds. The second-order valence-corrected chi connectivity index (χ2v) is 4.41. The number of pyridine rings is 1. The zero-order chi connectivity index (χ0) is 15.4. The Morgan fingerprint density at radius 1 is 1.14 bits per heavy atom. The molecule has 22 heavy (non-hydrogen) atoms. The molecule has 8 heteroatoms. The molecule has 0 aliphatic carbocycles. The van der Waals surface area contributed by atoms with E-state index in [-0.39, 0.29) is 6.03 Å². The fourth-order valence-corrected chi connectivity index (χ4v) is 1.86. The molecule has 0 aliphatic heterocycles. The van der Waals surface area contributed by atoms with Crippen LogP contribution in [-0.4, -0.2) is 37.5 Å². The molecule has 0 unspecified atom stereocenters. The lowest BCUT2D eigenvalue weighted by Crippen LogP contribution is -2.28. The molecule has 0 spiro atoms. The number of fused-ring (bicyclic) bond motifs is 1. The van der Waals surface area contributed by atoms with Gasteiger partial charge >= 0.3 is 6.03 Å². The molecule has 3 aromatic heterocycles. The Hall–Kier alpha value is -3.16. The summed E-state index contributed by atoms with van der Waals surface area (Å²) in [5.74, 6) is 0.411. The highest BCUT2D eigenvalue weighted by Gasteiger charge is 2.07. The van der Waals surface area contributed by atoms with E-state index in [0.717, 1.165) is 5.56 Å². The quantitative estimate of drug-likeness (QED) is 0.760. The SMILES string of the molecule is CCNC(=O)Nc1ccc2ncc(-c3cncnc3)nc2n1. The molecule has 0 saturated heterocycles. The van der Waals surface area contributed by atoms with Crippen molar-refractivity contribution in [2.45, 2.75) is 6.92 Å². The summed E-state index contributed by atoms with van der Waals surface area (Å²) in [6.07, 6.45) is 6.39. The average Bonchev–Trinajstić information content (AvgIpc) is 2.55. The minimum absolute atomic E-state index is 0.310. The lowest BCUT2D eigenvalue weighted by Gasteiger charge is -2.06. The van der Waals surface area contributed by atoms with E-state index in [9.17, 15) is 4.79 Å². The van der Waals surface area contributed by atoms with Crippen molar-refractivity contribution in [3.05, 3.63) is 37.1 Å². The van der Waals surface area contributed by atoms with Crippen LogP contribution < -0.4 is 10.6 Å². The third-order valence-corrected chi connectivity index (χ3v) is 2.84. The van der Waals surface area contributed by atoms with Crippen LogP contribution >= 0.6 is 0 Å². The van der Waals surface area contributed by atoms with E-state index < -0.39 is 0 Å². The second-order valence-electron chi connectivity index (χ2n) is 4.41. The summed E-state index contributed by atoms with van der Waals surface area (Å²) in [4.78, 5) is 32.5. The molecule has 0 bridgehead atoms. The molecule has 8 nitrogen and oxygen atoms in total. The lowest BCUT2D eigenvalue weighted by molar-refractivity contribution is 0.252. The smallest absolute Gasteiger partial charge is 0.320 e. The molecule has 3 heterocycles. The number of anilines is 1. The van der Waals surface area contributed by atoms with Crippen LogP contribution in [0.4, 0.5) is 10.6 Å². The van der Waals surface area contributed by atoms with Gasteiger partial charge in [0.1, 0.15) is 17.7 Å². The molecular formula is C14H13N7O. The van der Waals surface area contributed by atoms with Crippen LogP contribution in [0.1, 0.15) is 6.92 Å². The van der Waals surface area contributed by atoms with Gasteiger partial charge in [0.05, 0.1) is 11.9 Å². The Morgan fingerprint density at radius 3 is 2.73 bits per heavy atom. The van der Waals surface area contributed by atoms with Crippen LogP contribution in [0.3, 0.4) is 0 Å². The molecule has 0 radical (unpaired) electrons. The van der Waals surface area contributed by atoms with Gasteiger partial charge in [0, 0.05) is 24.5 Å². The number of hydrogen-bond acceptors (Lipinski definition) is 6. The van der Waals surface area contributed by atoms with Crippen molar-refractivity contribution in [3.63, 3.8) is 0 Å². The first-order valence-electron chi connectivity index (χ1n) is 6.70. The van der Waals surface area contributed by atoms with Crippen LogP contribution in [0.15, 0.2) is 37.1 Å². The van der Waals surface area contributed by atoms with E-state index in [4.69, 9.17) is 0 Å². The third-order valence-electron chi connectivity index (χ3n) is 2.84. The number of nitrogens with one attached hydrogen (secondary N) is 2. The van der Waals surface area contributed by atoms with Gasteiger partial charge < -0.3 is 5.32 Å². The van der Waals surface area contributed by atoms with Crippen LogP contribution in [0, 0.1) is 0 Å². The first kappa shape index (κ1) is 13.8. The number of carbonyl (C=O) groups excluding carboxylic acids is 1. The molecule has 2 N–H and O–H groups in total. The average molecular weight is 295 g/mol. The van der Waals surface area contributed by atoms with Crippen LogP contribution in [-0.2, 0) is 0 Å². The van der Waals surface area contributed by atoms with Crippen molar-refractivity contribution in [1.29, 1.82) is 0 Å². The van der Waals surface area contributed by atoms with Crippen molar-refractivity contribution in [1.82, 2.24) is 30.2 Å². The Kier molecular flexibility index (Phi) is 3.82. The standard InChI is InChI=1S/C14H13N7O/c1-2-17-14(22)21-12-4-3-10-13(20-12)19-11(7-18-10)9-5-15-8-16-6-9/h3-8H,2H2,1H3,(H2,17,19,20,21,22). The summed E-state index contributed by atoms with van der Waals surface area (Å²) in [7, 11) is 0. The molecular weight excluding hydrogens is 282 g/mol. The summed E-state index contributed by atoms with van der Waals surface area (Å²) in [6, 6.07) is 3.12. The van der Waals surface area contributed by atoms with E-state index >= 15 is 0 Å². The van der Waals surface area contributed by atoms with Gasteiger partial charge in [0.15, 0.2) is 5.65 Å². The van der Waals surface area contributed by atoms with Gasteiger partial charge in [-0.05, 0) is 19.1 Å². The molecule has 3 rings (SSSR count). The first-order chi connectivity index (χ1) is 10.8. The summed E-state index contributed by atoms with van der Waals surface area (Å²) in [5.41, 5.74) is 2.45. The zero-order valence-electron chi connectivity index (χ0n) is 11.8. The fraction of sp³-hybridized carbons (Fsp3) is 0.143. The topological polar surface area (TPSA) is 106 Å². The lowest BCUT2D eigenvalue weighted by atomic mass is 10.2. The van der Waals surface area contributed by atoms with E-state index in [0.29, 0.717) is 29.2 Å². The Bertz CT molecular complexity index is 807. The van der Waals surface area contributed by atoms with Gasteiger partial charge in [-0.25, -0.2) is 24.7 Å². The third kappa shape index (κ3) is 2.95. The monoisotopic (exact) mass is 295 g/mol. The molecule has 0 fully saturated rings. The van der Waals surface area contributed by atoms with E-state index in [1.807, 2.05) is 6.92 Å². The summed E-state index contributed by atoms with van der Waals surface area (Å²) in [6.45, 7) is 2.38.